The van der Waals surface area contributed by atoms with Gasteiger partial charge in [0.1, 0.15) is 0 Å². The van der Waals surface area contributed by atoms with Crippen LogP contribution in [0.2, 0.25) is 0 Å². The van der Waals surface area contributed by atoms with E-state index in [2.05, 4.69) is 4.72 Å². The molecule has 0 saturated carbocycles. The molecule has 8 heteroatoms. The number of primary sulfonamides is 1. The molecule has 0 bridgehead atoms. The van der Waals surface area contributed by atoms with Crippen LogP contribution in [0.15, 0.2) is 71.6 Å². The Morgan fingerprint density at radius 1 is 0.800 bits per heavy atom. The Morgan fingerprint density at radius 3 is 2.08 bits per heavy atom. The van der Waals surface area contributed by atoms with Gasteiger partial charge in [0.2, 0.25) is 10.0 Å². The molecule has 0 saturated heterocycles. The van der Waals surface area contributed by atoms with Crippen molar-refractivity contribution >= 4 is 36.5 Å². The molecule has 25 heavy (non-hydrogen) atoms. The molecule has 0 amide bonds. The molecule has 0 aromatic heterocycles. The summed E-state index contributed by atoms with van der Waals surface area (Å²) in [5.74, 6) is -0.301. The van der Waals surface area contributed by atoms with E-state index in [1.54, 1.807) is 18.2 Å². The summed E-state index contributed by atoms with van der Waals surface area (Å²) in [5, 5.41) is 6.77. The Balaban J connectivity index is 1.85. The lowest BCUT2D eigenvalue weighted by molar-refractivity contribution is 0.596. The predicted octanol–water partition coefficient (Wildman–Crippen LogP) is 2.43. The summed E-state index contributed by atoms with van der Waals surface area (Å²) < 4.78 is 49.7. The molecule has 0 spiro atoms. The van der Waals surface area contributed by atoms with Crippen LogP contribution in [0.5, 0.6) is 0 Å². The van der Waals surface area contributed by atoms with Crippen molar-refractivity contribution in [3.8, 4) is 0 Å². The second-order valence-electron chi connectivity index (χ2n) is 5.62. The fraction of sp³-hybridized carbons (Fsp3) is 0.0588. The maximum absolute atomic E-state index is 12.5. The minimum Gasteiger partial charge on any atom is -0.280 e. The lowest BCUT2D eigenvalue weighted by Crippen LogP contribution is -2.15. The average Bonchev–Trinajstić information content (AvgIpc) is 2.55. The van der Waals surface area contributed by atoms with Crippen molar-refractivity contribution in [3.05, 3.63) is 72.3 Å². The SMILES string of the molecule is NS(=O)(=O)Cc1ccc(NS(=O)(=O)c2ccc3ccccc3c2)cc1. The molecule has 0 fully saturated rings. The minimum absolute atomic E-state index is 0.153. The van der Waals surface area contributed by atoms with Crippen LogP contribution in [0.4, 0.5) is 5.69 Å². The van der Waals surface area contributed by atoms with Gasteiger partial charge in [0.05, 0.1) is 10.6 Å². The van der Waals surface area contributed by atoms with Gasteiger partial charge in [0.25, 0.3) is 10.0 Å². The zero-order chi connectivity index (χ0) is 18.1. The second-order valence-corrected chi connectivity index (χ2v) is 8.92. The van der Waals surface area contributed by atoms with Crippen molar-refractivity contribution in [3.63, 3.8) is 0 Å². The van der Waals surface area contributed by atoms with Crippen LogP contribution < -0.4 is 9.86 Å². The van der Waals surface area contributed by atoms with Crippen LogP contribution in [-0.4, -0.2) is 16.8 Å². The Bertz CT molecular complexity index is 1120. The second kappa shape index (κ2) is 6.47. The Hall–Kier alpha value is -2.42. The van der Waals surface area contributed by atoms with E-state index in [0.29, 0.717) is 11.3 Å². The highest BCUT2D eigenvalue weighted by atomic mass is 32.2. The van der Waals surface area contributed by atoms with Crippen LogP contribution >= 0.6 is 0 Å². The molecule has 6 nitrogen and oxygen atoms in total. The fourth-order valence-electron chi connectivity index (χ4n) is 2.45. The smallest absolute Gasteiger partial charge is 0.261 e. The quantitative estimate of drug-likeness (QED) is 0.713. The molecular weight excluding hydrogens is 360 g/mol. The summed E-state index contributed by atoms with van der Waals surface area (Å²) >= 11 is 0. The van der Waals surface area contributed by atoms with Crippen molar-refractivity contribution < 1.29 is 16.8 Å². The molecule has 0 heterocycles. The largest absolute Gasteiger partial charge is 0.280 e. The average molecular weight is 376 g/mol. The van der Waals surface area contributed by atoms with E-state index >= 15 is 0 Å². The zero-order valence-corrected chi connectivity index (χ0v) is 14.7. The summed E-state index contributed by atoms with van der Waals surface area (Å²) in [6.45, 7) is 0. The fourth-order valence-corrected chi connectivity index (χ4v) is 4.20. The number of fused-ring (bicyclic) bond motifs is 1. The van der Waals surface area contributed by atoms with Gasteiger partial charge in [0.15, 0.2) is 0 Å². The topological polar surface area (TPSA) is 106 Å². The monoisotopic (exact) mass is 376 g/mol. The van der Waals surface area contributed by atoms with Gasteiger partial charge in [-0.2, -0.15) is 0 Å². The lowest BCUT2D eigenvalue weighted by atomic mass is 10.1. The maximum atomic E-state index is 12.5. The molecule has 3 N–H and O–H groups in total. The molecule has 0 unspecified atom stereocenters. The predicted molar refractivity (Wildman–Crippen MR) is 98.0 cm³/mol. The van der Waals surface area contributed by atoms with E-state index in [1.807, 2.05) is 24.3 Å². The normalized spacial score (nSPS) is 12.2. The molecule has 0 atom stereocenters. The van der Waals surface area contributed by atoms with Crippen molar-refractivity contribution in [1.82, 2.24) is 0 Å². The van der Waals surface area contributed by atoms with Crippen molar-refractivity contribution in [2.45, 2.75) is 10.6 Å². The number of anilines is 1. The van der Waals surface area contributed by atoms with Gasteiger partial charge in [0, 0.05) is 5.69 Å². The number of benzene rings is 3. The molecule has 3 rings (SSSR count). The molecule has 0 aliphatic heterocycles. The Morgan fingerprint density at radius 2 is 1.44 bits per heavy atom. The van der Waals surface area contributed by atoms with Gasteiger partial charge in [-0.05, 0) is 40.6 Å². The zero-order valence-electron chi connectivity index (χ0n) is 13.1. The molecular formula is C17H16N2O4S2. The Labute approximate surface area is 146 Å². The standard InChI is InChI=1S/C17H16N2O4S2/c18-24(20,21)12-13-5-8-16(9-6-13)19-25(22,23)17-10-7-14-3-1-2-4-15(14)11-17/h1-11,19H,12H2,(H2,18,20,21). The molecule has 0 aliphatic rings. The van der Waals surface area contributed by atoms with Crippen LogP contribution in [0.3, 0.4) is 0 Å². The van der Waals surface area contributed by atoms with Crippen LogP contribution in [0.1, 0.15) is 5.56 Å². The number of sulfonamides is 2. The van der Waals surface area contributed by atoms with Crippen molar-refractivity contribution in [2.24, 2.45) is 5.14 Å². The van der Waals surface area contributed by atoms with E-state index < -0.39 is 20.0 Å². The number of hydrogen-bond donors (Lipinski definition) is 2. The minimum atomic E-state index is -3.75. The molecule has 0 aliphatic carbocycles. The summed E-state index contributed by atoms with van der Waals surface area (Å²) in [5.41, 5.74) is 0.822. The molecule has 130 valence electrons. The van der Waals surface area contributed by atoms with Gasteiger partial charge in [-0.25, -0.2) is 22.0 Å². The third-order valence-electron chi connectivity index (χ3n) is 3.61. The first-order chi connectivity index (χ1) is 11.7. The summed E-state index contributed by atoms with van der Waals surface area (Å²) in [4.78, 5) is 0.153. The van der Waals surface area contributed by atoms with E-state index in [4.69, 9.17) is 5.14 Å². The number of nitrogens with two attached hydrogens (primary N) is 1. The Kier molecular flexibility index (Phi) is 4.51. The lowest BCUT2D eigenvalue weighted by Gasteiger charge is -2.09. The highest BCUT2D eigenvalue weighted by molar-refractivity contribution is 7.92. The highest BCUT2D eigenvalue weighted by Gasteiger charge is 2.15. The number of nitrogens with one attached hydrogen (secondary N) is 1. The van der Waals surface area contributed by atoms with E-state index in [0.717, 1.165) is 10.8 Å². The summed E-state index contributed by atoms with van der Waals surface area (Å²) in [7, 11) is -7.37. The summed E-state index contributed by atoms with van der Waals surface area (Å²) in [6, 6.07) is 18.4. The van der Waals surface area contributed by atoms with E-state index in [9.17, 15) is 16.8 Å². The molecule has 3 aromatic rings. The van der Waals surface area contributed by atoms with Crippen LogP contribution in [-0.2, 0) is 25.8 Å². The van der Waals surface area contributed by atoms with E-state index in [-0.39, 0.29) is 10.6 Å². The van der Waals surface area contributed by atoms with Gasteiger partial charge < -0.3 is 0 Å². The number of hydrogen-bond acceptors (Lipinski definition) is 4. The van der Waals surface area contributed by atoms with E-state index in [1.165, 1.54) is 24.3 Å². The van der Waals surface area contributed by atoms with Gasteiger partial charge >= 0.3 is 0 Å². The first-order valence-electron chi connectivity index (χ1n) is 7.34. The van der Waals surface area contributed by atoms with Crippen molar-refractivity contribution in [1.29, 1.82) is 0 Å². The molecule has 0 radical (unpaired) electrons. The van der Waals surface area contributed by atoms with Gasteiger partial charge in [-0.1, -0.05) is 42.5 Å². The van der Waals surface area contributed by atoms with Gasteiger partial charge in [-0.15, -0.1) is 0 Å². The summed E-state index contributed by atoms with van der Waals surface area (Å²) in [6.07, 6.45) is 0. The van der Waals surface area contributed by atoms with Crippen molar-refractivity contribution in [2.75, 3.05) is 4.72 Å². The van der Waals surface area contributed by atoms with Gasteiger partial charge in [-0.3, -0.25) is 4.72 Å². The first kappa shape index (κ1) is 17.4. The van der Waals surface area contributed by atoms with Crippen LogP contribution in [0.25, 0.3) is 10.8 Å². The number of rotatable bonds is 5. The third kappa shape index (κ3) is 4.36. The molecule has 3 aromatic carbocycles. The highest BCUT2D eigenvalue weighted by Crippen LogP contribution is 2.21. The van der Waals surface area contributed by atoms with Crippen LogP contribution in [0, 0.1) is 0 Å². The maximum Gasteiger partial charge on any atom is 0.261 e. The third-order valence-corrected chi connectivity index (χ3v) is 5.72. The first-order valence-corrected chi connectivity index (χ1v) is 10.5.